The molecule has 84 valence electrons. The SMILES string of the molecule is CON[C@@]1(C(C)=NN)N=C(N)NN=C1C. The number of hydrogen-bond acceptors (Lipinski definition) is 8. The van der Waals surface area contributed by atoms with Crippen LogP contribution in [0, 0.1) is 0 Å². The Labute approximate surface area is 87.4 Å². The summed E-state index contributed by atoms with van der Waals surface area (Å²) in [7, 11) is 1.46. The maximum Gasteiger partial charge on any atom is 0.216 e. The predicted octanol–water partition coefficient (Wildman–Crippen LogP) is -1.54. The average molecular weight is 213 g/mol. The summed E-state index contributed by atoms with van der Waals surface area (Å²) in [5, 5.41) is 7.57. The minimum absolute atomic E-state index is 0.160. The van der Waals surface area contributed by atoms with Crippen LogP contribution in [0.1, 0.15) is 13.8 Å². The molecule has 8 nitrogen and oxygen atoms in total. The molecule has 0 aromatic heterocycles. The van der Waals surface area contributed by atoms with E-state index in [1.807, 2.05) is 0 Å². The van der Waals surface area contributed by atoms with Gasteiger partial charge in [0.05, 0.1) is 18.5 Å². The summed E-state index contributed by atoms with van der Waals surface area (Å²) >= 11 is 0. The first-order valence-electron chi connectivity index (χ1n) is 4.28. The molecule has 0 aliphatic carbocycles. The van der Waals surface area contributed by atoms with Crippen molar-refractivity contribution in [2.75, 3.05) is 7.11 Å². The third kappa shape index (κ3) is 1.90. The van der Waals surface area contributed by atoms with Crippen molar-refractivity contribution in [3.05, 3.63) is 0 Å². The Morgan fingerprint density at radius 2 is 2.33 bits per heavy atom. The normalized spacial score (nSPS) is 26.7. The van der Waals surface area contributed by atoms with Gasteiger partial charge in [0.1, 0.15) is 0 Å². The maximum absolute atomic E-state index is 5.54. The van der Waals surface area contributed by atoms with Crippen LogP contribution in [0.4, 0.5) is 0 Å². The predicted molar refractivity (Wildman–Crippen MR) is 58.0 cm³/mol. The van der Waals surface area contributed by atoms with E-state index in [1.54, 1.807) is 13.8 Å². The molecule has 0 amide bonds. The van der Waals surface area contributed by atoms with E-state index in [0.717, 1.165) is 0 Å². The van der Waals surface area contributed by atoms with E-state index in [-0.39, 0.29) is 5.96 Å². The van der Waals surface area contributed by atoms with Gasteiger partial charge in [-0.05, 0) is 13.8 Å². The summed E-state index contributed by atoms with van der Waals surface area (Å²) in [6.07, 6.45) is 0. The molecule has 0 bridgehead atoms. The van der Waals surface area contributed by atoms with Crippen LogP contribution in [0.3, 0.4) is 0 Å². The third-order valence-corrected chi connectivity index (χ3v) is 2.12. The lowest BCUT2D eigenvalue weighted by molar-refractivity contribution is 0.0634. The van der Waals surface area contributed by atoms with Gasteiger partial charge in [-0.15, -0.1) is 0 Å². The smallest absolute Gasteiger partial charge is 0.216 e. The van der Waals surface area contributed by atoms with Gasteiger partial charge in [-0.1, -0.05) is 0 Å². The fourth-order valence-electron chi connectivity index (χ4n) is 1.26. The molecule has 0 aromatic carbocycles. The lowest BCUT2D eigenvalue weighted by atomic mass is 10.0. The van der Waals surface area contributed by atoms with Crippen molar-refractivity contribution in [3.63, 3.8) is 0 Å². The molecule has 0 aromatic rings. The van der Waals surface area contributed by atoms with Crippen LogP contribution >= 0.6 is 0 Å². The van der Waals surface area contributed by atoms with E-state index in [9.17, 15) is 0 Å². The van der Waals surface area contributed by atoms with E-state index in [0.29, 0.717) is 11.4 Å². The van der Waals surface area contributed by atoms with Crippen LogP contribution in [0.5, 0.6) is 0 Å². The Kier molecular flexibility index (Phi) is 3.22. The second-order valence-corrected chi connectivity index (χ2v) is 3.04. The minimum atomic E-state index is -1.03. The van der Waals surface area contributed by atoms with Gasteiger partial charge in [0, 0.05) is 0 Å². The molecule has 0 fully saturated rings. The van der Waals surface area contributed by atoms with E-state index in [1.165, 1.54) is 7.11 Å². The third-order valence-electron chi connectivity index (χ3n) is 2.12. The molecule has 0 radical (unpaired) electrons. The standard InChI is InChI=1S/C7H15N7O/c1-4(11-9)7(14-15-3)5(2)12-13-6(8)10-7/h14H,9H2,1-3H3,(H3,8,10,13)/t7-/m1/s1. The first-order valence-corrected chi connectivity index (χ1v) is 4.28. The lowest BCUT2D eigenvalue weighted by Crippen LogP contribution is -2.59. The Hall–Kier alpha value is -1.67. The van der Waals surface area contributed by atoms with Crippen LogP contribution in [0.15, 0.2) is 15.2 Å². The number of aliphatic imine (C=N–C) groups is 1. The fourth-order valence-corrected chi connectivity index (χ4v) is 1.26. The monoisotopic (exact) mass is 213 g/mol. The molecule has 1 heterocycles. The number of nitrogens with two attached hydrogens (primary N) is 2. The van der Waals surface area contributed by atoms with Crippen LogP contribution in [-0.4, -0.2) is 30.2 Å². The second kappa shape index (κ2) is 4.24. The number of rotatable bonds is 3. The van der Waals surface area contributed by atoms with Gasteiger partial charge < -0.3 is 16.4 Å². The summed E-state index contributed by atoms with van der Waals surface area (Å²) in [5.74, 6) is 5.39. The van der Waals surface area contributed by atoms with Gasteiger partial charge >= 0.3 is 0 Å². The summed E-state index contributed by atoms with van der Waals surface area (Å²) < 4.78 is 0. The van der Waals surface area contributed by atoms with Crippen molar-refractivity contribution in [2.24, 2.45) is 26.8 Å². The number of hydrazone groups is 2. The summed E-state index contributed by atoms with van der Waals surface area (Å²) in [5.41, 5.74) is 10.8. The highest BCUT2D eigenvalue weighted by Crippen LogP contribution is 2.15. The summed E-state index contributed by atoms with van der Waals surface area (Å²) in [4.78, 5) is 9.03. The Morgan fingerprint density at radius 1 is 1.67 bits per heavy atom. The highest BCUT2D eigenvalue weighted by molar-refractivity contribution is 6.16. The Morgan fingerprint density at radius 3 is 2.87 bits per heavy atom. The highest BCUT2D eigenvalue weighted by atomic mass is 16.6. The minimum Gasteiger partial charge on any atom is -0.368 e. The molecule has 15 heavy (non-hydrogen) atoms. The molecule has 1 rings (SSSR count). The number of nitrogens with one attached hydrogen (secondary N) is 2. The molecule has 6 N–H and O–H groups in total. The fraction of sp³-hybridized carbons (Fsp3) is 0.571. The quantitative estimate of drug-likeness (QED) is 0.257. The number of guanidine groups is 1. The first kappa shape index (κ1) is 11.4. The van der Waals surface area contributed by atoms with E-state index >= 15 is 0 Å². The highest BCUT2D eigenvalue weighted by Gasteiger charge is 2.39. The Bertz CT molecular complexity index is 328. The van der Waals surface area contributed by atoms with Crippen molar-refractivity contribution in [3.8, 4) is 0 Å². The summed E-state index contributed by atoms with van der Waals surface area (Å²) in [6.45, 7) is 3.46. The van der Waals surface area contributed by atoms with Crippen molar-refractivity contribution in [2.45, 2.75) is 19.5 Å². The maximum atomic E-state index is 5.54. The van der Waals surface area contributed by atoms with Crippen molar-refractivity contribution >= 4 is 17.4 Å². The molecule has 0 saturated carbocycles. The average Bonchev–Trinajstić information content (AvgIpc) is 2.22. The molecule has 8 heteroatoms. The molecule has 1 aliphatic heterocycles. The van der Waals surface area contributed by atoms with Crippen molar-refractivity contribution in [1.29, 1.82) is 0 Å². The largest absolute Gasteiger partial charge is 0.368 e. The van der Waals surface area contributed by atoms with Crippen LogP contribution < -0.4 is 22.5 Å². The van der Waals surface area contributed by atoms with E-state index in [4.69, 9.17) is 16.4 Å². The van der Waals surface area contributed by atoms with Crippen molar-refractivity contribution < 1.29 is 4.84 Å². The molecule has 0 saturated heterocycles. The molecular weight excluding hydrogens is 198 g/mol. The Balaban J connectivity index is 3.19. The molecule has 0 spiro atoms. The molecule has 0 unspecified atom stereocenters. The van der Waals surface area contributed by atoms with Gasteiger partial charge in [0.25, 0.3) is 0 Å². The van der Waals surface area contributed by atoms with E-state index < -0.39 is 5.66 Å². The molecule has 1 atom stereocenters. The lowest BCUT2D eigenvalue weighted by Gasteiger charge is -2.31. The van der Waals surface area contributed by atoms with Crippen molar-refractivity contribution in [1.82, 2.24) is 10.9 Å². The number of hydrogen-bond donors (Lipinski definition) is 4. The van der Waals surface area contributed by atoms with Crippen LogP contribution in [0.2, 0.25) is 0 Å². The zero-order valence-electron chi connectivity index (χ0n) is 8.90. The zero-order chi connectivity index (χ0) is 11.5. The second-order valence-electron chi connectivity index (χ2n) is 3.04. The number of hydroxylamine groups is 1. The number of nitrogens with zero attached hydrogens (tertiary/aromatic N) is 3. The van der Waals surface area contributed by atoms with E-state index in [2.05, 4.69) is 26.1 Å². The van der Waals surface area contributed by atoms with Gasteiger partial charge in [-0.3, -0.25) is 0 Å². The summed E-state index contributed by atoms with van der Waals surface area (Å²) in [6, 6.07) is 0. The van der Waals surface area contributed by atoms with Gasteiger partial charge in [-0.2, -0.15) is 15.7 Å². The van der Waals surface area contributed by atoms with Crippen LogP contribution in [0.25, 0.3) is 0 Å². The van der Waals surface area contributed by atoms with Gasteiger partial charge in [-0.25, -0.2) is 10.4 Å². The van der Waals surface area contributed by atoms with Crippen LogP contribution in [-0.2, 0) is 4.84 Å². The molecule has 1 aliphatic rings. The molecular formula is C7H15N7O. The van der Waals surface area contributed by atoms with Gasteiger partial charge in [0.15, 0.2) is 0 Å². The van der Waals surface area contributed by atoms with Gasteiger partial charge in [0.2, 0.25) is 11.6 Å². The topological polar surface area (TPSA) is 122 Å². The zero-order valence-corrected chi connectivity index (χ0v) is 8.90. The first-order chi connectivity index (χ1) is 7.06.